The molecule has 0 N–H and O–H groups in total. The van der Waals surface area contributed by atoms with Crippen LogP contribution in [0.3, 0.4) is 0 Å². The molecule has 27 heavy (non-hydrogen) atoms. The van der Waals surface area contributed by atoms with Gasteiger partial charge in [0.25, 0.3) is 0 Å². The highest BCUT2D eigenvalue weighted by Crippen LogP contribution is 2.26. The van der Waals surface area contributed by atoms with Crippen LogP contribution in [0.2, 0.25) is 0 Å². The molecule has 1 atom stereocenters. The van der Waals surface area contributed by atoms with Gasteiger partial charge in [-0.3, -0.25) is 4.79 Å². The first-order chi connectivity index (χ1) is 12.9. The largest absolute Gasteiger partial charge is 0.381 e. The van der Waals surface area contributed by atoms with Crippen molar-refractivity contribution in [2.45, 2.75) is 63.5 Å². The average Bonchev–Trinajstić information content (AvgIpc) is 2.67. The van der Waals surface area contributed by atoms with E-state index in [0.717, 1.165) is 51.9 Å². The summed E-state index contributed by atoms with van der Waals surface area (Å²) in [5, 5.41) is 0. The Balaban J connectivity index is 1.58. The van der Waals surface area contributed by atoms with Crippen LogP contribution >= 0.6 is 0 Å². The number of sulfonamides is 1. The maximum atomic E-state index is 12.7. The van der Waals surface area contributed by atoms with Gasteiger partial charge in [0.05, 0.1) is 6.26 Å². The monoisotopic (exact) mass is 401 g/mol. The highest BCUT2D eigenvalue weighted by atomic mass is 32.2. The van der Waals surface area contributed by atoms with Crippen LogP contribution in [0.15, 0.2) is 0 Å². The Morgan fingerprint density at radius 2 is 1.70 bits per heavy atom. The average molecular weight is 402 g/mol. The van der Waals surface area contributed by atoms with Crippen LogP contribution < -0.4 is 0 Å². The molecule has 0 radical (unpaired) electrons. The van der Waals surface area contributed by atoms with Crippen LogP contribution in [0.4, 0.5) is 0 Å². The Kier molecular flexibility index (Phi) is 7.53. The molecule has 8 heteroatoms. The van der Waals surface area contributed by atoms with E-state index in [1.807, 2.05) is 4.90 Å². The van der Waals surface area contributed by atoms with E-state index >= 15 is 0 Å². The summed E-state index contributed by atoms with van der Waals surface area (Å²) < 4.78 is 32.1. The molecule has 0 spiro atoms. The number of piperidine rings is 2. The summed E-state index contributed by atoms with van der Waals surface area (Å²) in [4.78, 5) is 17.0. The molecular weight excluding hydrogens is 366 g/mol. The van der Waals surface area contributed by atoms with Gasteiger partial charge in [0.15, 0.2) is 0 Å². The van der Waals surface area contributed by atoms with Crippen molar-refractivity contribution >= 4 is 15.9 Å². The predicted octanol–water partition coefficient (Wildman–Crippen LogP) is 1.29. The fraction of sp³-hybridized carbons (Fsp3) is 0.947. The summed E-state index contributed by atoms with van der Waals surface area (Å²) in [6.45, 7) is 5.53. The number of hydrogen-bond donors (Lipinski definition) is 0. The summed E-state index contributed by atoms with van der Waals surface area (Å²) in [5.41, 5.74) is 0. The van der Waals surface area contributed by atoms with Gasteiger partial charge in [0, 0.05) is 51.4 Å². The smallest absolute Gasteiger partial charge is 0.223 e. The van der Waals surface area contributed by atoms with Crippen molar-refractivity contribution in [3.8, 4) is 0 Å². The number of hydrogen-bond acceptors (Lipinski definition) is 5. The topological polar surface area (TPSA) is 70.2 Å². The zero-order chi connectivity index (χ0) is 19.3. The second-order valence-corrected chi connectivity index (χ2v) is 10.1. The second kappa shape index (κ2) is 9.67. The molecule has 0 aromatic heterocycles. The third-order valence-corrected chi connectivity index (χ3v) is 7.50. The first kappa shape index (κ1) is 21.0. The summed E-state index contributed by atoms with van der Waals surface area (Å²) in [6.07, 6.45) is 8.80. The lowest BCUT2D eigenvalue weighted by atomic mass is 10.0. The normalized spacial score (nSPS) is 26.4. The van der Waals surface area contributed by atoms with Crippen LogP contribution in [0.1, 0.15) is 51.4 Å². The fourth-order valence-electron chi connectivity index (χ4n) is 4.76. The zero-order valence-electron chi connectivity index (χ0n) is 16.6. The minimum Gasteiger partial charge on any atom is -0.381 e. The minimum atomic E-state index is -3.31. The molecule has 0 bridgehead atoms. The minimum absolute atomic E-state index is 0.00199. The summed E-state index contributed by atoms with van der Waals surface area (Å²) in [6, 6.07) is -0.0991. The molecule has 0 aliphatic carbocycles. The number of ether oxygens (including phenoxy) is 1. The number of carbonyl (C=O) groups excluding carboxylic acids is 1. The van der Waals surface area contributed by atoms with E-state index in [1.54, 1.807) is 4.31 Å². The molecule has 3 heterocycles. The third-order valence-electron chi connectivity index (χ3n) is 6.13. The first-order valence-corrected chi connectivity index (χ1v) is 12.4. The molecule has 3 rings (SSSR count). The number of amides is 1. The summed E-state index contributed by atoms with van der Waals surface area (Å²) in [7, 11) is -3.31. The summed E-state index contributed by atoms with van der Waals surface area (Å²) >= 11 is 0. The molecule has 3 aliphatic heterocycles. The molecule has 7 nitrogen and oxygen atoms in total. The Labute approximate surface area is 164 Å². The van der Waals surface area contributed by atoms with Crippen molar-refractivity contribution in [1.29, 1.82) is 0 Å². The fourth-order valence-corrected chi connectivity index (χ4v) is 6.23. The van der Waals surface area contributed by atoms with Gasteiger partial charge in [-0.25, -0.2) is 8.42 Å². The lowest BCUT2D eigenvalue weighted by Gasteiger charge is -2.42. The van der Waals surface area contributed by atoms with E-state index in [2.05, 4.69) is 4.90 Å². The molecule has 3 aliphatic rings. The lowest BCUT2D eigenvalue weighted by molar-refractivity contribution is -0.133. The highest BCUT2D eigenvalue weighted by Gasteiger charge is 2.37. The standard InChI is InChI=1S/C19H35N3O4S/c1-27(24,25)22(17-8-14-26-15-9-17)18-6-5-12-21(16-18)19(23)7-13-20-10-3-2-4-11-20/h17-18H,2-16H2,1H3. The maximum Gasteiger partial charge on any atom is 0.223 e. The third kappa shape index (κ3) is 5.89. The molecule has 156 valence electrons. The van der Waals surface area contributed by atoms with Gasteiger partial charge in [0.1, 0.15) is 0 Å². The number of likely N-dealkylation sites (tertiary alicyclic amines) is 2. The van der Waals surface area contributed by atoms with E-state index < -0.39 is 10.0 Å². The summed E-state index contributed by atoms with van der Waals surface area (Å²) in [5.74, 6) is 0.172. The number of rotatable bonds is 6. The second-order valence-electron chi connectivity index (χ2n) is 8.22. The SMILES string of the molecule is CS(=O)(=O)N(C1CCOCC1)C1CCCN(C(=O)CCN2CCCCC2)C1. The van der Waals surface area contributed by atoms with Crippen molar-refractivity contribution in [2.24, 2.45) is 0 Å². The van der Waals surface area contributed by atoms with Gasteiger partial charge < -0.3 is 14.5 Å². The molecule has 1 unspecified atom stereocenters. The quantitative estimate of drug-likeness (QED) is 0.671. The van der Waals surface area contributed by atoms with Crippen LogP contribution in [0.5, 0.6) is 0 Å². The Morgan fingerprint density at radius 1 is 1.00 bits per heavy atom. The predicted molar refractivity (Wildman–Crippen MR) is 105 cm³/mol. The van der Waals surface area contributed by atoms with Crippen molar-refractivity contribution in [3.63, 3.8) is 0 Å². The number of carbonyl (C=O) groups is 1. The lowest BCUT2D eigenvalue weighted by Crippen LogP contribution is -2.55. The van der Waals surface area contributed by atoms with Crippen molar-refractivity contribution in [2.75, 3.05) is 52.2 Å². The molecule has 0 saturated carbocycles. The number of nitrogens with zero attached hydrogens (tertiary/aromatic N) is 3. The zero-order valence-corrected chi connectivity index (χ0v) is 17.5. The van der Waals surface area contributed by atoms with Crippen LogP contribution in [-0.4, -0.2) is 92.7 Å². The Hall–Kier alpha value is -0.700. The van der Waals surface area contributed by atoms with E-state index in [4.69, 9.17) is 4.74 Å². The molecule has 3 fully saturated rings. The van der Waals surface area contributed by atoms with Crippen LogP contribution in [0.25, 0.3) is 0 Å². The molecule has 0 aromatic rings. The van der Waals surface area contributed by atoms with Gasteiger partial charge >= 0.3 is 0 Å². The van der Waals surface area contributed by atoms with Crippen molar-refractivity contribution < 1.29 is 17.9 Å². The van der Waals surface area contributed by atoms with Crippen LogP contribution in [-0.2, 0) is 19.6 Å². The molecule has 1 amide bonds. The Bertz CT molecular complexity index is 586. The van der Waals surface area contributed by atoms with Gasteiger partial charge in [-0.15, -0.1) is 0 Å². The molecular formula is C19H35N3O4S. The maximum absolute atomic E-state index is 12.7. The highest BCUT2D eigenvalue weighted by molar-refractivity contribution is 7.88. The van der Waals surface area contributed by atoms with E-state index in [1.165, 1.54) is 25.5 Å². The first-order valence-electron chi connectivity index (χ1n) is 10.5. The van der Waals surface area contributed by atoms with Gasteiger partial charge in [0.2, 0.25) is 15.9 Å². The Morgan fingerprint density at radius 3 is 2.37 bits per heavy atom. The molecule has 3 saturated heterocycles. The van der Waals surface area contributed by atoms with Crippen molar-refractivity contribution in [1.82, 2.24) is 14.1 Å². The van der Waals surface area contributed by atoms with Gasteiger partial charge in [-0.1, -0.05) is 6.42 Å². The van der Waals surface area contributed by atoms with Crippen LogP contribution in [0, 0.1) is 0 Å². The van der Waals surface area contributed by atoms with E-state index in [9.17, 15) is 13.2 Å². The van der Waals surface area contributed by atoms with Gasteiger partial charge in [-0.2, -0.15) is 4.31 Å². The van der Waals surface area contributed by atoms with Crippen molar-refractivity contribution in [3.05, 3.63) is 0 Å². The van der Waals surface area contributed by atoms with Gasteiger partial charge in [-0.05, 0) is 51.6 Å². The van der Waals surface area contributed by atoms with E-state index in [-0.39, 0.29) is 18.0 Å². The van der Waals surface area contributed by atoms with E-state index in [0.29, 0.717) is 26.2 Å². The molecule has 0 aromatic carbocycles.